The lowest BCUT2D eigenvalue weighted by molar-refractivity contribution is 0.0930. The first kappa shape index (κ1) is 15.7. The Kier molecular flexibility index (Phi) is 5.08. The van der Waals surface area contributed by atoms with Gasteiger partial charge in [0, 0.05) is 11.6 Å². The van der Waals surface area contributed by atoms with Crippen molar-refractivity contribution < 1.29 is 13.2 Å². The summed E-state index contributed by atoms with van der Waals surface area (Å²) < 4.78 is 25.5. The molecule has 19 heavy (non-hydrogen) atoms. The van der Waals surface area contributed by atoms with Crippen molar-refractivity contribution in [2.75, 3.05) is 7.05 Å². The first-order valence-electron chi connectivity index (χ1n) is 6.12. The van der Waals surface area contributed by atoms with Crippen LogP contribution in [-0.4, -0.2) is 27.4 Å². The van der Waals surface area contributed by atoms with Crippen LogP contribution in [0.5, 0.6) is 0 Å². The first-order valence-corrected chi connectivity index (χ1v) is 7.60. The molecule has 106 valence electrons. The second-order valence-electron chi connectivity index (χ2n) is 4.74. The van der Waals surface area contributed by atoms with Crippen molar-refractivity contribution in [2.24, 2.45) is 5.92 Å². The minimum atomic E-state index is -3.53. The van der Waals surface area contributed by atoms with Crippen LogP contribution in [0, 0.1) is 5.92 Å². The largest absolute Gasteiger partial charge is 0.349 e. The monoisotopic (exact) mass is 284 g/mol. The summed E-state index contributed by atoms with van der Waals surface area (Å²) in [6, 6.07) is 6.00. The maximum atomic E-state index is 12.0. The Morgan fingerprint density at radius 1 is 1.21 bits per heavy atom. The molecular formula is C13H20N2O3S. The van der Waals surface area contributed by atoms with Gasteiger partial charge in [0.25, 0.3) is 5.91 Å². The van der Waals surface area contributed by atoms with Crippen LogP contribution in [-0.2, 0) is 10.0 Å². The van der Waals surface area contributed by atoms with E-state index in [1.165, 1.54) is 19.2 Å². The Labute approximate surface area is 114 Å². The van der Waals surface area contributed by atoms with Gasteiger partial charge in [-0.25, -0.2) is 13.1 Å². The van der Waals surface area contributed by atoms with Gasteiger partial charge in [-0.3, -0.25) is 4.79 Å². The molecular weight excluding hydrogens is 264 g/mol. The van der Waals surface area contributed by atoms with Crippen LogP contribution in [0.15, 0.2) is 29.2 Å². The van der Waals surface area contributed by atoms with E-state index in [1.807, 2.05) is 20.8 Å². The van der Waals surface area contributed by atoms with E-state index in [9.17, 15) is 13.2 Å². The van der Waals surface area contributed by atoms with Crippen molar-refractivity contribution in [2.45, 2.75) is 31.7 Å². The minimum Gasteiger partial charge on any atom is -0.349 e. The van der Waals surface area contributed by atoms with Gasteiger partial charge in [0.05, 0.1) is 4.90 Å². The van der Waals surface area contributed by atoms with Gasteiger partial charge in [-0.1, -0.05) is 19.9 Å². The molecule has 0 spiro atoms. The van der Waals surface area contributed by atoms with E-state index in [0.29, 0.717) is 11.5 Å². The zero-order chi connectivity index (χ0) is 14.6. The molecule has 0 fully saturated rings. The third kappa shape index (κ3) is 4.04. The summed E-state index contributed by atoms with van der Waals surface area (Å²) in [5.74, 6) is 0.0440. The Bertz CT molecular complexity index is 553. The van der Waals surface area contributed by atoms with Gasteiger partial charge in [-0.15, -0.1) is 0 Å². The van der Waals surface area contributed by atoms with Gasteiger partial charge in [0.2, 0.25) is 10.0 Å². The van der Waals surface area contributed by atoms with Crippen molar-refractivity contribution in [3.63, 3.8) is 0 Å². The normalized spacial score (nSPS) is 13.3. The second-order valence-corrected chi connectivity index (χ2v) is 6.63. The van der Waals surface area contributed by atoms with E-state index >= 15 is 0 Å². The number of hydrogen-bond donors (Lipinski definition) is 2. The van der Waals surface area contributed by atoms with Crippen LogP contribution in [0.25, 0.3) is 0 Å². The van der Waals surface area contributed by atoms with Crippen LogP contribution in [0.1, 0.15) is 31.1 Å². The van der Waals surface area contributed by atoms with E-state index in [1.54, 1.807) is 12.1 Å². The molecule has 0 heterocycles. The predicted molar refractivity (Wildman–Crippen MR) is 74.5 cm³/mol. The number of carbonyl (C=O) groups excluding carboxylic acids is 1. The highest BCUT2D eigenvalue weighted by molar-refractivity contribution is 7.89. The van der Waals surface area contributed by atoms with Crippen molar-refractivity contribution in [1.82, 2.24) is 10.0 Å². The molecule has 5 nitrogen and oxygen atoms in total. The summed E-state index contributed by atoms with van der Waals surface area (Å²) in [4.78, 5) is 12.1. The molecule has 0 bridgehead atoms. The van der Waals surface area contributed by atoms with Crippen LogP contribution in [0.4, 0.5) is 0 Å². The van der Waals surface area contributed by atoms with E-state index in [-0.39, 0.29) is 16.8 Å². The smallest absolute Gasteiger partial charge is 0.251 e. The fourth-order valence-corrected chi connectivity index (χ4v) is 2.15. The number of benzene rings is 1. The van der Waals surface area contributed by atoms with Gasteiger partial charge in [0.1, 0.15) is 0 Å². The molecule has 1 rings (SSSR count). The minimum absolute atomic E-state index is 0.0251. The fourth-order valence-electron chi connectivity index (χ4n) is 1.38. The number of carbonyl (C=O) groups is 1. The molecule has 1 aromatic carbocycles. The lowest BCUT2D eigenvalue weighted by Crippen LogP contribution is -2.36. The van der Waals surface area contributed by atoms with E-state index in [2.05, 4.69) is 10.0 Å². The number of sulfonamides is 1. The molecule has 2 N–H and O–H groups in total. The molecule has 6 heteroatoms. The summed E-state index contributed by atoms with van der Waals surface area (Å²) in [5.41, 5.74) is 0.337. The molecule has 1 unspecified atom stereocenters. The Morgan fingerprint density at radius 2 is 1.84 bits per heavy atom. The number of rotatable bonds is 5. The predicted octanol–water partition coefficient (Wildman–Crippen LogP) is 1.37. The molecule has 0 saturated heterocycles. The molecule has 0 aliphatic heterocycles. The molecule has 0 saturated carbocycles. The second kappa shape index (κ2) is 6.16. The van der Waals surface area contributed by atoms with Crippen molar-refractivity contribution >= 4 is 15.9 Å². The molecule has 1 aromatic rings. The number of nitrogens with one attached hydrogen (secondary N) is 2. The molecule has 0 aromatic heterocycles. The number of hydrogen-bond acceptors (Lipinski definition) is 3. The topological polar surface area (TPSA) is 75.3 Å². The van der Waals surface area contributed by atoms with Gasteiger partial charge < -0.3 is 5.32 Å². The molecule has 1 atom stereocenters. The zero-order valence-corrected chi connectivity index (χ0v) is 12.4. The van der Waals surface area contributed by atoms with Crippen LogP contribution >= 0.6 is 0 Å². The highest BCUT2D eigenvalue weighted by Gasteiger charge is 2.16. The zero-order valence-electron chi connectivity index (χ0n) is 11.6. The summed E-state index contributed by atoms with van der Waals surface area (Å²) in [6.45, 7) is 5.93. The average molecular weight is 284 g/mol. The number of amides is 1. The lowest BCUT2D eigenvalue weighted by atomic mass is 10.1. The third-order valence-corrected chi connectivity index (χ3v) is 4.45. The standard InChI is InChI=1S/C13H20N2O3S/c1-9(2)10(3)15-13(16)11-6-5-7-12(8-11)19(17,18)14-4/h5-10,14H,1-4H3,(H,15,16). The third-order valence-electron chi connectivity index (χ3n) is 3.03. The maximum absolute atomic E-state index is 12.0. The van der Waals surface area contributed by atoms with E-state index < -0.39 is 10.0 Å². The Hall–Kier alpha value is -1.40. The van der Waals surface area contributed by atoms with Crippen molar-refractivity contribution in [3.8, 4) is 0 Å². The highest BCUT2D eigenvalue weighted by atomic mass is 32.2. The molecule has 0 aliphatic carbocycles. The molecule has 0 aliphatic rings. The van der Waals surface area contributed by atoms with Gasteiger partial charge in [0.15, 0.2) is 0 Å². The van der Waals surface area contributed by atoms with Gasteiger partial charge in [-0.05, 0) is 38.1 Å². The van der Waals surface area contributed by atoms with Crippen LogP contribution in [0.3, 0.4) is 0 Å². The summed E-state index contributed by atoms with van der Waals surface area (Å²) in [7, 11) is -2.19. The highest BCUT2D eigenvalue weighted by Crippen LogP contribution is 2.12. The summed E-state index contributed by atoms with van der Waals surface area (Å²) in [5, 5.41) is 2.84. The fraction of sp³-hybridized carbons (Fsp3) is 0.462. The van der Waals surface area contributed by atoms with Crippen LogP contribution in [0.2, 0.25) is 0 Å². The first-order chi connectivity index (χ1) is 8.77. The van der Waals surface area contributed by atoms with E-state index in [0.717, 1.165) is 0 Å². The average Bonchev–Trinajstić information content (AvgIpc) is 2.38. The quantitative estimate of drug-likeness (QED) is 0.857. The van der Waals surface area contributed by atoms with Crippen LogP contribution < -0.4 is 10.0 Å². The molecule has 1 amide bonds. The van der Waals surface area contributed by atoms with Gasteiger partial charge in [-0.2, -0.15) is 0 Å². The van der Waals surface area contributed by atoms with E-state index in [4.69, 9.17) is 0 Å². The Morgan fingerprint density at radius 3 is 2.37 bits per heavy atom. The molecule has 0 radical (unpaired) electrons. The maximum Gasteiger partial charge on any atom is 0.251 e. The summed E-state index contributed by atoms with van der Waals surface area (Å²) in [6.07, 6.45) is 0. The Balaban J connectivity index is 2.97. The lowest BCUT2D eigenvalue weighted by Gasteiger charge is -2.17. The SMILES string of the molecule is CNS(=O)(=O)c1cccc(C(=O)NC(C)C(C)C)c1. The van der Waals surface area contributed by atoms with Gasteiger partial charge >= 0.3 is 0 Å². The van der Waals surface area contributed by atoms with Crippen molar-refractivity contribution in [3.05, 3.63) is 29.8 Å². The van der Waals surface area contributed by atoms with Crippen molar-refractivity contribution in [1.29, 1.82) is 0 Å². The summed E-state index contributed by atoms with van der Waals surface area (Å²) >= 11 is 0.